The normalized spacial score (nSPS) is 39.8. The second-order valence-corrected chi connectivity index (χ2v) is 5.90. The third-order valence-electron chi connectivity index (χ3n) is 4.76. The first-order valence-electron chi connectivity index (χ1n) is 6.56. The number of hydrogen-bond acceptors (Lipinski definition) is 2. The van der Waals surface area contributed by atoms with Crippen LogP contribution in [0.3, 0.4) is 0 Å². The van der Waals surface area contributed by atoms with Crippen LogP contribution in [0.5, 0.6) is 0 Å². The molecule has 3 N–H and O–H groups in total. The van der Waals surface area contributed by atoms with Crippen molar-refractivity contribution >= 4 is 0 Å². The lowest BCUT2D eigenvalue weighted by Gasteiger charge is -2.47. The first-order valence-corrected chi connectivity index (χ1v) is 6.56. The van der Waals surface area contributed by atoms with Gasteiger partial charge in [-0.25, -0.2) is 0 Å². The second kappa shape index (κ2) is 4.42. The molecular weight excluding hydrogens is 186 g/mol. The Morgan fingerprint density at radius 2 is 2.07 bits per heavy atom. The Morgan fingerprint density at radius 3 is 2.53 bits per heavy atom. The minimum Gasteiger partial charge on any atom is -0.392 e. The van der Waals surface area contributed by atoms with Crippen molar-refractivity contribution in [3.05, 3.63) is 0 Å². The first kappa shape index (κ1) is 11.4. The molecule has 0 amide bonds. The van der Waals surface area contributed by atoms with Crippen LogP contribution in [0, 0.1) is 17.3 Å². The van der Waals surface area contributed by atoms with Gasteiger partial charge in [-0.15, -0.1) is 0 Å². The van der Waals surface area contributed by atoms with Crippen LogP contribution < -0.4 is 5.73 Å². The SMILES string of the molecule is CC1CCCC(CN)(C(O)C2CCC2)C1. The summed E-state index contributed by atoms with van der Waals surface area (Å²) < 4.78 is 0. The van der Waals surface area contributed by atoms with Crippen molar-refractivity contribution in [3.8, 4) is 0 Å². The molecule has 3 atom stereocenters. The van der Waals surface area contributed by atoms with Crippen LogP contribution in [0.15, 0.2) is 0 Å². The van der Waals surface area contributed by atoms with E-state index in [4.69, 9.17) is 5.73 Å². The zero-order chi connectivity index (χ0) is 10.9. The smallest absolute Gasteiger partial charge is 0.0636 e. The lowest BCUT2D eigenvalue weighted by atomic mass is 9.61. The van der Waals surface area contributed by atoms with Crippen molar-refractivity contribution < 1.29 is 5.11 Å². The topological polar surface area (TPSA) is 46.2 Å². The van der Waals surface area contributed by atoms with Gasteiger partial charge >= 0.3 is 0 Å². The van der Waals surface area contributed by atoms with E-state index in [2.05, 4.69) is 6.92 Å². The van der Waals surface area contributed by atoms with Crippen LogP contribution in [0.4, 0.5) is 0 Å². The van der Waals surface area contributed by atoms with Crippen molar-refractivity contribution in [2.45, 2.75) is 58.0 Å². The van der Waals surface area contributed by atoms with Crippen molar-refractivity contribution in [1.29, 1.82) is 0 Å². The lowest BCUT2D eigenvalue weighted by Crippen LogP contribution is -2.49. The highest BCUT2D eigenvalue weighted by Crippen LogP contribution is 2.47. The van der Waals surface area contributed by atoms with E-state index in [0.717, 1.165) is 18.8 Å². The van der Waals surface area contributed by atoms with Crippen LogP contribution in [-0.2, 0) is 0 Å². The van der Waals surface area contributed by atoms with Gasteiger partial charge in [-0.3, -0.25) is 0 Å². The van der Waals surface area contributed by atoms with Crippen LogP contribution in [0.2, 0.25) is 0 Å². The standard InChI is InChI=1S/C13H25NO/c1-10-4-3-7-13(8-10,9-14)12(15)11-5-2-6-11/h10-12,15H,2-9,14H2,1H3. The van der Waals surface area contributed by atoms with E-state index in [-0.39, 0.29) is 11.5 Å². The summed E-state index contributed by atoms with van der Waals surface area (Å²) in [5.74, 6) is 1.30. The molecule has 2 fully saturated rings. The Bertz CT molecular complexity index is 215. The van der Waals surface area contributed by atoms with Crippen molar-refractivity contribution in [2.24, 2.45) is 23.0 Å². The molecule has 0 heterocycles. The highest BCUT2D eigenvalue weighted by atomic mass is 16.3. The van der Waals surface area contributed by atoms with Crippen LogP contribution in [0.25, 0.3) is 0 Å². The molecule has 3 unspecified atom stereocenters. The Morgan fingerprint density at radius 1 is 1.33 bits per heavy atom. The van der Waals surface area contributed by atoms with Gasteiger partial charge in [0.05, 0.1) is 6.10 Å². The van der Waals surface area contributed by atoms with Crippen LogP contribution in [-0.4, -0.2) is 17.8 Å². The average Bonchev–Trinajstić information content (AvgIpc) is 2.15. The summed E-state index contributed by atoms with van der Waals surface area (Å²) in [5.41, 5.74) is 6.02. The Kier molecular flexibility index (Phi) is 3.36. The average molecular weight is 211 g/mol. The zero-order valence-corrected chi connectivity index (χ0v) is 9.91. The van der Waals surface area contributed by atoms with E-state index < -0.39 is 0 Å². The van der Waals surface area contributed by atoms with E-state index in [1.807, 2.05) is 0 Å². The summed E-state index contributed by atoms with van der Waals surface area (Å²) in [5, 5.41) is 10.5. The largest absolute Gasteiger partial charge is 0.392 e. The number of hydrogen-bond donors (Lipinski definition) is 2. The maximum Gasteiger partial charge on any atom is 0.0636 e. The lowest BCUT2D eigenvalue weighted by molar-refractivity contribution is -0.0676. The monoisotopic (exact) mass is 211 g/mol. The van der Waals surface area contributed by atoms with Gasteiger partial charge in [0, 0.05) is 12.0 Å². The maximum atomic E-state index is 10.5. The van der Waals surface area contributed by atoms with E-state index in [1.165, 1.54) is 32.1 Å². The minimum absolute atomic E-state index is 0.0583. The van der Waals surface area contributed by atoms with Gasteiger partial charge in [-0.1, -0.05) is 26.2 Å². The third kappa shape index (κ3) is 2.07. The van der Waals surface area contributed by atoms with Gasteiger partial charge in [-0.05, 0) is 37.5 Å². The van der Waals surface area contributed by atoms with Gasteiger partial charge in [-0.2, -0.15) is 0 Å². The number of aliphatic hydroxyl groups is 1. The molecule has 0 aromatic rings. The summed E-state index contributed by atoms with van der Waals surface area (Å²) in [6.45, 7) is 2.98. The van der Waals surface area contributed by atoms with Gasteiger partial charge in [0.15, 0.2) is 0 Å². The zero-order valence-electron chi connectivity index (χ0n) is 9.91. The number of aliphatic hydroxyl groups excluding tert-OH is 1. The van der Waals surface area contributed by atoms with E-state index in [9.17, 15) is 5.11 Å². The summed E-state index contributed by atoms with van der Waals surface area (Å²) in [6.07, 6.45) is 8.47. The molecule has 2 rings (SSSR count). The molecule has 2 aliphatic carbocycles. The van der Waals surface area contributed by atoms with Gasteiger partial charge in [0.25, 0.3) is 0 Å². The Balaban J connectivity index is 2.04. The van der Waals surface area contributed by atoms with E-state index >= 15 is 0 Å². The molecule has 0 spiro atoms. The fourth-order valence-electron chi connectivity index (χ4n) is 3.53. The molecule has 0 radical (unpaired) electrons. The minimum atomic E-state index is -0.126. The number of nitrogens with two attached hydrogens (primary N) is 1. The molecule has 2 nitrogen and oxygen atoms in total. The van der Waals surface area contributed by atoms with E-state index in [1.54, 1.807) is 0 Å². The molecular formula is C13H25NO. The highest BCUT2D eigenvalue weighted by Gasteiger charge is 2.44. The van der Waals surface area contributed by atoms with Gasteiger partial charge in [0.2, 0.25) is 0 Å². The first-order chi connectivity index (χ1) is 7.18. The Labute approximate surface area is 93.2 Å². The number of rotatable bonds is 3. The summed E-state index contributed by atoms with van der Waals surface area (Å²) in [7, 11) is 0. The van der Waals surface area contributed by atoms with Gasteiger partial charge < -0.3 is 10.8 Å². The molecule has 0 aromatic heterocycles. The molecule has 88 valence electrons. The maximum absolute atomic E-state index is 10.5. The summed E-state index contributed by atoms with van der Waals surface area (Å²) >= 11 is 0. The molecule has 0 aromatic carbocycles. The van der Waals surface area contributed by atoms with Crippen LogP contribution in [0.1, 0.15) is 51.9 Å². The van der Waals surface area contributed by atoms with Crippen molar-refractivity contribution in [1.82, 2.24) is 0 Å². The van der Waals surface area contributed by atoms with Crippen molar-refractivity contribution in [2.75, 3.05) is 6.54 Å². The van der Waals surface area contributed by atoms with Crippen LogP contribution >= 0.6 is 0 Å². The summed E-state index contributed by atoms with van der Waals surface area (Å²) in [6, 6.07) is 0. The third-order valence-corrected chi connectivity index (χ3v) is 4.76. The Hall–Kier alpha value is -0.0800. The fraction of sp³-hybridized carbons (Fsp3) is 1.00. The fourth-order valence-corrected chi connectivity index (χ4v) is 3.53. The highest BCUT2D eigenvalue weighted by molar-refractivity contribution is 4.96. The molecule has 0 aliphatic heterocycles. The molecule has 2 aliphatic rings. The second-order valence-electron chi connectivity index (χ2n) is 5.90. The van der Waals surface area contributed by atoms with Crippen molar-refractivity contribution in [3.63, 3.8) is 0 Å². The molecule has 0 bridgehead atoms. The predicted octanol–water partition coefficient (Wildman–Crippen LogP) is 2.30. The van der Waals surface area contributed by atoms with Gasteiger partial charge in [0.1, 0.15) is 0 Å². The predicted molar refractivity (Wildman–Crippen MR) is 62.5 cm³/mol. The summed E-state index contributed by atoms with van der Waals surface area (Å²) in [4.78, 5) is 0. The molecule has 0 saturated heterocycles. The molecule has 2 heteroatoms. The quantitative estimate of drug-likeness (QED) is 0.752. The van der Waals surface area contributed by atoms with E-state index in [0.29, 0.717) is 12.5 Å². The molecule has 2 saturated carbocycles. The molecule has 15 heavy (non-hydrogen) atoms.